The van der Waals surface area contributed by atoms with E-state index in [1.165, 1.54) is 6.92 Å². The highest BCUT2D eigenvalue weighted by molar-refractivity contribution is 9.10. The van der Waals surface area contributed by atoms with Crippen LogP contribution in [0, 0.1) is 0 Å². The minimum absolute atomic E-state index is 0.0409. The first kappa shape index (κ1) is 13.6. The maximum Gasteiger partial charge on any atom is 0.216 e. The topological polar surface area (TPSA) is 80.0 Å². The lowest BCUT2D eigenvalue weighted by Gasteiger charge is -2.11. The Bertz CT molecular complexity index is 615. The van der Waals surface area contributed by atoms with E-state index in [4.69, 9.17) is 5.73 Å². The average Bonchev–Trinajstić information content (AvgIpc) is 2.39. The van der Waals surface area contributed by atoms with Crippen molar-refractivity contribution in [2.24, 2.45) is 0 Å². The van der Waals surface area contributed by atoms with E-state index in [1.54, 1.807) is 6.20 Å². The van der Waals surface area contributed by atoms with E-state index in [1.807, 2.05) is 18.2 Å². The van der Waals surface area contributed by atoms with E-state index < -0.39 is 0 Å². The van der Waals surface area contributed by atoms with E-state index in [0.29, 0.717) is 18.8 Å². The number of rotatable bonds is 4. The molecule has 1 heterocycles. The Morgan fingerprint density at radius 3 is 2.84 bits per heavy atom. The molecule has 1 amide bonds. The van der Waals surface area contributed by atoms with Crippen LogP contribution in [0.3, 0.4) is 0 Å². The monoisotopic (exact) mass is 322 g/mol. The number of nitrogens with one attached hydrogen (secondary N) is 2. The Morgan fingerprint density at radius 1 is 1.32 bits per heavy atom. The molecule has 4 N–H and O–H groups in total. The van der Waals surface area contributed by atoms with Crippen LogP contribution in [0.5, 0.6) is 0 Å². The molecule has 100 valence electrons. The summed E-state index contributed by atoms with van der Waals surface area (Å²) in [6, 6.07) is 5.75. The van der Waals surface area contributed by atoms with Crippen LogP contribution in [-0.2, 0) is 4.79 Å². The van der Waals surface area contributed by atoms with Gasteiger partial charge in [0.15, 0.2) is 0 Å². The van der Waals surface area contributed by atoms with Crippen molar-refractivity contribution in [1.29, 1.82) is 0 Å². The highest BCUT2D eigenvalue weighted by Crippen LogP contribution is 2.31. The van der Waals surface area contributed by atoms with E-state index >= 15 is 0 Å². The minimum Gasteiger partial charge on any atom is -0.397 e. The van der Waals surface area contributed by atoms with Gasteiger partial charge in [0.25, 0.3) is 0 Å². The van der Waals surface area contributed by atoms with Crippen molar-refractivity contribution in [2.45, 2.75) is 6.92 Å². The summed E-state index contributed by atoms with van der Waals surface area (Å²) in [6.45, 7) is 2.66. The SMILES string of the molecule is CC(=O)NCCNc1nccc2c(N)c(Br)ccc12. The molecule has 1 aromatic heterocycles. The van der Waals surface area contributed by atoms with Crippen LogP contribution in [-0.4, -0.2) is 24.0 Å². The number of nitrogens with two attached hydrogens (primary N) is 1. The number of amides is 1. The van der Waals surface area contributed by atoms with Gasteiger partial charge < -0.3 is 16.4 Å². The summed E-state index contributed by atoms with van der Waals surface area (Å²) in [5, 5.41) is 7.83. The standard InChI is InChI=1S/C13H15BrN4O/c1-8(19)16-6-7-18-13-10-2-3-11(14)12(15)9(10)4-5-17-13/h2-5H,6-7,15H2,1H3,(H,16,19)(H,17,18). The number of carbonyl (C=O) groups is 1. The quantitative estimate of drug-likeness (QED) is 0.595. The maximum absolute atomic E-state index is 10.8. The third-order valence-electron chi connectivity index (χ3n) is 2.73. The molecule has 0 fully saturated rings. The van der Waals surface area contributed by atoms with Crippen molar-refractivity contribution >= 4 is 44.1 Å². The maximum atomic E-state index is 10.8. The van der Waals surface area contributed by atoms with Gasteiger partial charge in [0, 0.05) is 41.5 Å². The van der Waals surface area contributed by atoms with Crippen molar-refractivity contribution in [3.8, 4) is 0 Å². The number of aromatic nitrogens is 1. The number of hydrogen-bond donors (Lipinski definition) is 3. The lowest BCUT2D eigenvalue weighted by molar-refractivity contribution is -0.118. The number of anilines is 2. The Kier molecular flexibility index (Phi) is 4.21. The zero-order valence-corrected chi connectivity index (χ0v) is 12.1. The number of benzene rings is 1. The van der Waals surface area contributed by atoms with Gasteiger partial charge in [0.05, 0.1) is 5.69 Å². The van der Waals surface area contributed by atoms with Gasteiger partial charge in [-0.15, -0.1) is 0 Å². The van der Waals surface area contributed by atoms with Crippen LogP contribution in [0.2, 0.25) is 0 Å². The molecule has 0 radical (unpaired) electrons. The number of carbonyl (C=O) groups excluding carboxylic acids is 1. The Morgan fingerprint density at radius 2 is 2.11 bits per heavy atom. The first-order valence-electron chi connectivity index (χ1n) is 5.90. The van der Waals surface area contributed by atoms with E-state index in [0.717, 1.165) is 21.1 Å². The van der Waals surface area contributed by atoms with Crippen molar-refractivity contribution in [3.63, 3.8) is 0 Å². The molecule has 5 nitrogen and oxygen atoms in total. The number of fused-ring (bicyclic) bond motifs is 1. The Balaban J connectivity index is 2.20. The predicted molar refractivity (Wildman–Crippen MR) is 81.0 cm³/mol. The fourth-order valence-corrected chi connectivity index (χ4v) is 2.16. The summed E-state index contributed by atoms with van der Waals surface area (Å²) >= 11 is 3.41. The minimum atomic E-state index is -0.0409. The normalized spacial score (nSPS) is 10.4. The molecule has 0 bridgehead atoms. The zero-order valence-electron chi connectivity index (χ0n) is 10.5. The molecule has 0 aliphatic rings. The molecule has 19 heavy (non-hydrogen) atoms. The van der Waals surface area contributed by atoms with Gasteiger partial charge in [-0.3, -0.25) is 4.79 Å². The number of halogens is 1. The number of nitrogen functional groups attached to an aromatic ring is 1. The molecule has 0 saturated carbocycles. The molecular formula is C13H15BrN4O. The van der Waals surface area contributed by atoms with Gasteiger partial charge in [-0.1, -0.05) is 0 Å². The molecule has 0 aliphatic carbocycles. The molecule has 0 saturated heterocycles. The van der Waals surface area contributed by atoms with Crippen molar-refractivity contribution in [3.05, 3.63) is 28.9 Å². The molecule has 0 atom stereocenters. The van der Waals surface area contributed by atoms with Crippen LogP contribution in [0.1, 0.15) is 6.92 Å². The number of nitrogens with zero attached hydrogens (tertiary/aromatic N) is 1. The Hall–Kier alpha value is -1.82. The lowest BCUT2D eigenvalue weighted by Crippen LogP contribution is -2.26. The van der Waals surface area contributed by atoms with Gasteiger partial charge >= 0.3 is 0 Å². The molecular weight excluding hydrogens is 308 g/mol. The van der Waals surface area contributed by atoms with Crippen LogP contribution in [0.15, 0.2) is 28.9 Å². The first-order valence-corrected chi connectivity index (χ1v) is 6.70. The molecule has 1 aromatic carbocycles. The van der Waals surface area contributed by atoms with Crippen LogP contribution in [0.25, 0.3) is 10.8 Å². The van der Waals surface area contributed by atoms with E-state index in [9.17, 15) is 4.79 Å². The second kappa shape index (κ2) is 5.88. The van der Waals surface area contributed by atoms with Crippen molar-refractivity contribution in [2.75, 3.05) is 24.1 Å². The highest BCUT2D eigenvalue weighted by Gasteiger charge is 2.06. The number of pyridine rings is 1. The number of hydrogen-bond acceptors (Lipinski definition) is 4. The zero-order chi connectivity index (χ0) is 13.8. The molecule has 6 heteroatoms. The molecule has 2 aromatic rings. The van der Waals surface area contributed by atoms with E-state index in [-0.39, 0.29) is 5.91 Å². The van der Waals surface area contributed by atoms with Gasteiger partial charge in [-0.2, -0.15) is 0 Å². The third kappa shape index (κ3) is 3.14. The summed E-state index contributed by atoms with van der Waals surface area (Å²) in [7, 11) is 0. The summed E-state index contributed by atoms with van der Waals surface area (Å²) < 4.78 is 0.871. The fraction of sp³-hybridized carbons (Fsp3) is 0.231. The second-order valence-electron chi connectivity index (χ2n) is 4.13. The smallest absolute Gasteiger partial charge is 0.216 e. The summed E-state index contributed by atoms with van der Waals surface area (Å²) in [5.41, 5.74) is 6.72. The summed E-state index contributed by atoms with van der Waals surface area (Å²) in [6.07, 6.45) is 1.71. The lowest BCUT2D eigenvalue weighted by atomic mass is 10.1. The predicted octanol–water partition coefficient (Wildman–Crippen LogP) is 2.13. The second-order valence-corrected chi connectivity index (χ2v) is 4.98. The average molecular weight is 323 g/mol. The largest absolute Gasteiger partial charge is 0.397 e. The third-order valence-corrected chi connectivity index (χ3v) is 3.42. The van der Waals surface area contributed by atoms with Gasteiger partial charge in [-0.25, -0.2) is 4.98 Å². The van der Waals surface area contributed by atoms with Gasteiger partial charge in [0.1, 0.15) is 5.82 Å². The van der Waals surface area contributed by atoms with Gasteiger partial charge in [-0.05, 0) is 34.1 Å². The molecule has 0 aliphatic heterocycles. The summed E-state index contributed by atoms with van der Waals surface area (Å²) in [4.78, 5) is 15.1. The highest BCUT2D eigenvalue weighted by atomic mass is 79.9. The summed E-state index contributed by atoms with van der Waals surface area (Å²) in [5.74, 6) is 0.725. The molecule has 2 rings (SSSR count). The fourth-order valence-electron chi connectivity index (χ4n) is 1.81. The van der Waals surface area contributed by atoms with Crippen LogP contribution in [0.4, 0.5) is 11.5 Å². The molecule has 0 spiro atoms. The Labute approximate surface area is 119 Å². The van der Waals surface area contributed by atoms with E-state index in [2.05, 4.69) is 31.5 Å². The first-order chi connectivity index (χ1) is 9.09. The van der Waals surface area contributed by atoms with Crippen LogP contribution >= 0.6 is 15.9 Å². The van der Waals surface area contributed by atoms with Crippen molar-refractivity contribution in [1.82, 2.24) is 10.3 Å². The molecule has 0 unspecified atom stereocenters. The van der Waals surface area contributed by atoms with Gasteiger partial charge in [0.2, 0.25) is 5.91 Å². The van der Waals surface area contributed by atoms with Crippen LogP contribution < -0.4 is 16.4 Å². The van der Waals surface area contributed by atoms with Crippen molar-refractivity contribution < 1.29 is 4.79 Å².